The second kappa shape index (κ2) is 6.32. The highest BCUT2D eigenvalue weighted by atomic mass is 79.9. The lowest BCUT2D eigenvalue weighted by atomic mass is 9.80. The number of benzene rings is 1. The summed E-state index contributed by atoms with van der Waals surface area (Å²) >= 11 is 2.98. The van der Waals surface area contributed by atoms with E-state index in [9.17, 15) is 17.9 Å². The Hall–Kier alpha value is -0.500. The van der Waals surface area contributed by atoms with E-state index in [1.54, 1.807) is 0 Å². The minimum absolute atomic E-state index is 0.0419. The molecule has 118 valence electrons. The highest BCUT2D eigenvalue weighted by Gasteiger charge is 2.33. The Morgan fingerprint density at radius 2 is 2.05 bits per heavy atom. The third kappa shape index (κ3) is 4.25. The first-order chi connectivity index (χ1) is 9.72. The lowest BCUT2D eigenvalue weighted by Gasteiger charge is -2.34. The van der Waals surface area contributed by atoms with Crippen LogP contribution in [0.1, 0.15) is 32.6 Å². The van der Waals surface area contributed by atoms with Crippen molar-refractivity contribution in [1.82, 2.24) is 4.72 Å². The quantitative estimate of drug-likeness (QED) is 0.844. The summed E-state index contributed by atoms with van der Waals surface area (Å²) in [5.41, 5.74) is -1.01. The van der Waals surface area contributed by atoms with Crippen molar-refractivity contribution in [1.29, 1.82) is 0 Å². The van der Waals surface area contributed by atoms with Gasteiger partial charge in [-0.05, 0) is 65.7 Å². The normalized spacial score (nSPS) is 26.8. The smallest absolute Gasteiger partial charge is 0.240 e. The highest BCUT2D eigenvalue weighted by Crippen LogP contribution is 2.31. The molecular weight excluding hydrogens is 361 g/mol. The van der Waals surface area contributed by atoms with Gasteiger partial charge in [0.1, 0.15) is 5.82 Å². The first-order valence-electron chi connectivity index (χ1n) is 6.89. The van der Waals surface area contributed by atoms with Crippen LogP contribution < -0.4 is 4.72 Å². The van der Waals surface area contributed by atoms with Crippen LogP contribution in [-0.2, 0) is 10.0 Å². The number of nitrogens with one attached hydrogen (secondary N) is 1. The number of hydrogen-bond donors (Lipinski definition) is 2. The molecule has 7 heteroatoms. The van der Waals surface area contributed by atoms with Gasteiger partial charge in [0, 0.05) is 6.54 Å². The van der Waals surface area contributed by atoms with Gasteiger partial charge >= 0.3 is 0 Å². The average Bonchev–Trinajstić information content (AvgIpc) is 2.43. The number of rotatable bonds is 4. The maximum Gasteiger partial charge on any atom is 0.240 e. The van der Waals surface area contributed by atoms with Crippen molar-refractivity contribution in [3.05, 3.63) is 28.5 Å². The van der Waals surface area contributed by atoms with Gasteiger partial charge in [-0.15, -0.1) is 0 Å². The zero-order valence-electron chi connectivity index (χ0n) is 11.8. The summed E-state index contributed by atoms with van der Waals surface area (Å²) in [5, 5.41) is 10.4. The van der Waals surface area contributed by atoms with Gasteiger partial charge in [0.25, 0.3) is 0 Å². The third-order valence-corrected chi connectivity index (χ3v) is 6.04. The number of aliphatic hydroxyl groups is 1. The molecule has 0 spiro atoms. The summed E-state index contributed by atoms with van der Waals surface area (Å²) in [7, 11) is -3.82. The van der Waals surface area contributed by atoms with Crippen LogP contribution in [0, 0.1) is 11.7 Å². The number of sulfonamides is 1. The number of hydrogen-bond acceptors (Lipinski definition) is 3. The van der Waals surface area contributed by atoms with Crippen LogP contribution in [0.4, 0.5) is 4.39 Å². The Morgan fingerprint density at radius 3 is 2.62 bits per heavy atom. The van der Waals surface area contributed by atoms with Crippen LogP contribution >= 0.6 is 15.9 Å². The van der Waals surface area contributed by atoms with Crippen molar-refractivity contribution >= 4 is 26.0 Å². The van der Waals surface area contributed by atoms with Crippen LogP contribution in [0.15, 0.2) is 27.6 Å². The molecule has 0 saturated heterocycles. The van der Waals surface area contributed by atoms with E-state index in [2.05, 4.69) is 27.6 Å². The van der Waals surface area contributed by atoms with Gasteiger partial charge in [-0.1, -0.05) is 6.92 Å². The van der Waals surface area contributed by atoms with E-state index in [0.29, 0.717) is 18.8 Å². The average molecular weight is 380 g/mol. The molecule has 0 amide bonds. The molecule has 1 aromatic rings. The predicted molar refractivity (Wildman–Crippen MR) is 81.9 cm³/mol. The topological polar surface area (TPSA) is 66.4 Å². The number of halogens is 2. The Bertz CT molecular complexity index is 613. The zero-order chi connectivity index (χ0) is 15.7. The first-order valence-corrected chi connectivity index (χ1v) is 9.17. The molecule has 0 aliphatic heterocycles. The van der Waals surface area contributed by atoms with E-state index in [1.807, 2.05) is 0 Å². The van der Waals surface area contributed by atoms with E-state index < -0.39 is 21.4 Å². The second-order valence-electron chi connectivity index (χ2n) is 5.81. The van der Waals surface area contributed by atoms with Gasteiger partial charge in [-0.3, -0.25) is 0 Å². The molecule has 1 fully saturated rings. The lowest BCUT2D eigenvalue weighted by molar-refractivity contribution is -0.00182. The van der Waals surface area contributed by atoms with Crippen molar-refractivity contribution in [2.45, 2.75) is 43.1 Å². The SMILES string of the molecule is CC1CCC(O)(CNS(=O)(=O)c2ccc(Br)c(F)c2)CC1. The van der Waals surface area contributed by atoms with Crippen LogP contribution in [-0.4, -0.2) is 25.7 Å². The second-order valence-corrected chi connectivity index (χ2v) is 8.43. The van der Waals surface area contributed by atoms with Gasteiger partial charge < -0.3 is 5.11 Å². The Labute approximate surface area is 132 Å². The van der Waals surface area contributed by atoms with Crippen molar-refractivity contribution in [2.75, 3.05) is 6.54 Å². The minimum Gasteiger partial charge on any atom is -0.389 e. The summed E-state index contributed by atoms with van der Waals surface area (Å²) in [4.78, 5) is -0.143. The zero-order valence-corrected chi connectivity index (χ0v) is 14.2. The molecule has 0 bridgehead atoms. The van der Waals surface area contributed by atoms with E-state index in [0.717, 1.165) is 18.9 Å². The molecule has 0 heterocycles. The Balaban J connectivity index is 2.06. The van der Waals surface area contributed by atoms with E-state index in [-0.39, 0.29) is 15.9 Å². The van der Waals surface area contributed by atoms with E-state index >= 15 is 0 Å². The molecule has 0 aromatic heterocycles. The van der Waals surface area contributed by atoms with Crippen molar-refractivity contribution in [3.8, 4) is 0 Å². The lowest BCUT2D eigenvalue weighted by Crippen LogP contribution is -2.45. The largest absolute Gasteiger partial charge is 0.389 e. The first kappa shape index (κ1) is 16.9. The summed E-state index contributed by atoms with van der Waals surface area (Å²) < 4.78 is 40.3. The predicted octanol–water partition coefficient (Wildman–Crippen LogP) is 2.81. The highest BCUT2D eigenvalue weighted by molar-refractivity contribution is 9.10. The van der Waals surface area contributed by atoms with Crippen LogP contribution in [0.25, 0.3) is 0 Å². The van der Waals surface area contributed by atoms with Gasteiger partial charge in [0.15, 0.2) is 0 Å². The van der Waals surface area contributed by atoms with Crippen molar-refractivity contribution in [3.63, 3.8) is 0 Å². The van der Waals surface area contributed by atoms with Crippen molar-refractivity contribution in [2.24, 2.45) is 5.92 Å². The van der Waals surface area contributed by atoms with Gasteiger partial charge in [-0.25, -0.2) is 17.5 Å². The third-order valence-electron chi connectivity index (χ3n) is 4.00. The molecule has 2 N–H and O–H groups in total. The molecule has 4 nitrogen and oxygen atoms in total. The molecule has 2 rings (SSSR count). The maximum absolute atomic E-state index is 13.4. The molecule has 0 atom stereocenters. The summed E-state index contributed by atoms with van der Waals surface area (Å²) in [6.45, 7) is 2.08. The van der Waals surface area contributed by atoms with Crippen LogP contribution in [0.3, 0.4) is 0 Å². The van der Waals surface area contributed by atoms with Gasteiger partial charge in [0.05, 0.1) is 15.0 Å². The molecule has 0 radical (unpaired) electrons. The molecule has 1 saturated carbocycles. The Morgan fingerprint density at radius 1 is 1.43 bits per heavy atom. The van der Waals surface area contributed by atoms with Gasteiger partial charge in [0.2, 0.25) is 10.0 Å². The van der Waals surface area contributed by atoms with E-state index in [1.165, 1.54) is 12.1 Å². The molecule has 1 aliphatic rings. The molecule has 1 aliphatic carbocycles. The molecular formula is C14H19BrFNO3S. The minimum atomic E-state index is -3.82. The summed E-state index contributed by atoms with van der Waals surface area (Å²) in [6.07, 6.45) is 2.91. The standard InChI is InChI=1S/C14H19BrFNO3S/c1-10-4-6-14(18,7-5-10)9-17-21(19,20)11-2-3-12(15)13(16)8-11/h2-3,8,10,17-18H,4-7,9H2,1H3. The fourth-order valence-electron chi connectivity index (χ4n) is 2.43. The van der Waals surface area contributed by atoms with E-state index in [4.69, 9.17) is 0 Å². The Kier molecular flexibility index (Phi) is 5.07. The van der Waals surface area contributed by atoms with Gasteiger partial charge in [-0.2, -0.15) is 0 Å². The van der Waals surface area contributed by atoms with Crippen molar-refractivity contribution < 1.29 is 17.9 Å². The molecule has 0 unspecified atom stereocenters. The molecule has 21 heavy (non-hydrogen) atoms. The molecule has 1 aromatic carbocycles. The fourth-order valence-corrected chi connectivity index (χ4v) is 3.81. The summed E-state index contributed by atoms with van der Waals surface area (Å²) in [6, 6.07) is 3.63. The monoisotopic (exact) mass is 379 g/mol. The summed E-state index contributed by atoms with van der Waals surface area (Å²) in [5.74, 6) is -0.0782. The maximum atomic E-state index is 13.4. The van der Waals surface area contributed by atoms with Crippen LogP contribution in [0.2, 0.25) is 0 Å². The fraction of sp³-hybridized carbons (Fsp3) is 0.571. The van der Waals surface area contributed by atoms with Crippen LogP contribution in [0.5, 0.6) is 0 Å².